The lowest BCUT2D eigenvalue weighted by Crippen LogP contribution is -2.30. The van der Waals surface area contributed by atoms with Crippen LogP contribution in [0.4, 0.5) is 0 Å². The van der Waals surface area contributed by atoms with Gasteiger partial charge in [-0.15, -0.1) is 0 Å². The standard InChI is InChI=1S/C27H30O2S3/c28-25(29)27(31,32)19-10-17-24(30)18-20-26(21-11-4-1-5-12-21,22-13-6-2-7-14-22)23-15-8-3-9-16-23/h1-9,11-16,24,30-32H,10,17-20H2,(H,28,29). The zero-order chi connectivity index (χ0) is 23.0. The fourth-order valence-corrected chi connectivity index (χ4v) is 4.95. The maximum Gasteiger partial charge on any atom is 0.329 e. The van der Waals surface area contributed by atoms with E-state index in [1.165, 1.54) is 16.7 Å². The molecule has 0 amide bonds. The summed E-state index contributed by atoms with van der Waals surface area (Å²) in [6.07, 6.45) is 3.70. The van der Waals surface area contributed by atoms with Gasteiger partial charge in [-0.05, 0) is 48.8 Å². The Kier molecular flexibility index (Phi) is 8.80. The summed E-state index contributed by atoms with van der Waals surface area (Å²) in [5, 5.41) is 9.37. The van der Waals surface area contributed by atoms with Gasteiger partial charge in [-0.2, -0.15) is 37.9 Å². The molecule has 32 heavy (non-hydrogen) atoms. The lowest BCUT2D eigenvalue weighted by atomic mass is 9.66. The van der Waals surface area contributed by atoms with Gasteiger partial charge in [0.15, 0.2) is 4.08 Å². The highest BCUT2D eigenvalue weighted by Crippen LogP contribution is 2.44. The molecule has 0 fully saturated rings. The lowest BCUT2D eigenvalue weighted by Gasteiger charge is -2.37. The molecule has 0 saturated carbocycles. The maximum atomic E-state index is 11.3. The molecule has 1 unspecified atom stereocenters. The molecule has 0 aromatic heterocycles. The monoisotopic (exact) mass is 482 g/mol. The number of thiol groups is 3. The van der Waals surface area contributed by atoms with Crippen LogP contribution in [0.1, 0.15) is 48.8 Å². The van der Waals surface area contributed by atoms with Crippen LogP contribution in [0.5, 0.6) is 0 Å². The number of hydrogen-bond acceptors (Lipinski definition) is 4. The number of benzene rings is 3. The van der Waals surface area contributed by atoms with E-state index < -0.39 is 10.0 Å². The van der Waals surface area contributed by atoms with E-state index in [9.17, 15) is 9.90 Å². The van der Waals surface area contributed by atoms with Crippen molar-refractivity contribution in [1.29, 1.82) is 0 Å². The zero-order valence-corrected chi connectivity index (χ0v) is 20.7. The van der Waals surface area contributed by atoms with Crippen LogP contribution in [0, 0.1) is 0 Å². The quantitative estimate of drug-likeness (QED) is 0.136. The van der Waals surface area contributed by atoms with Crippen molar-refractivity contribution in [2.45, 2.75) is 46.8 Å². The SMILES string of the molecule is O=C(O)C(S)(S)CCCC(S)CCC(c1ccccc1)(c1ccccc1)c1ccccc1. The van der Waals surface area contributed by atoms with Crippen LogP contribution in [-0.4, -0.2) is 20.4 Å². The second-order valence-electron chi connectivity index (χ2n) is 8.21. The summed E-state index contributed by atoms with van der Waals surface area (Å²) in [6, 6.07) is 32.0. The van der Waals surface area contributed by atoms with Crippen molar-refractivity contribution in [2.75, 3.05) is 0 Å². The summed E-state index contributed by atoms with van der Waals surface area (Å²) < 4.78 is -1.30. The average Bonchev–Trinajstić information content (AvgIpc) is 2.81. The highest BCUT2D eigenvalue weighted by Gasteiger charge is 2.36. The van der Waals surface area contributed by atoms with E-state index in [0.717, 1.165) is 19.3 Å². The third-order valence-corrected chi connectivity index (χ3v) is 7.40. The predicted molar refractivity (Wildman–Crippen MR) is 143 cm³/mol. The summed E-state index contributed by atoms with van der Waals surface area (Å²) in [5.41, 5.74) is 3.48. The molecule has 1 atom stereocenters. The van der Waals surface area contributed by atoms with Crippen LogP contribution in [0.3, 0.4) is 0 Å². The summed E-state index contributed by atoms with van der Waals surface area (Å²) in [7, 11) is 0. The molecule has 0 spiro atoms. The van der Waals surface area contributed by atoms with Gasteiger partial charge in [0.1, 0.15) is 0 Å². The van der Waals surface area contributed by atoms with Crippen molar-refractivity contribution in [3.05, 3.63) is 108 Å². The van der Waals surface area contributed by atoms with Gasteiger partial charge in [0, 0.05) is 10.7 Å². The van der Waals surface area contributed by atoms with Crippen LogP contribution in [-0.2, 0) is 10.2 Å². The van der Waals surface area contributed by atoms with E-state index in [1.54, 1.807) is 0 Å². The Hall–Kier alpha value is -1.82. The summed E-state index contributed by atoms with van der Waals surface area (Å²) in [4.78, 5) is 11.3. The molecule has 5 heteroatoms. The van der Waals surface area contributed by atoms with Crippen LogP contribution >= 0.6 is 37.9 Å². The minimum absolute atomic E-state index is 0.150. The number of carboxylic acids is 1. The molecule has 3 aromatic rings. The molecular weight excluding hydrogens is 452 g/mol. The number of rotatable bonds is 11. The van der Waals surface area contributed by atoms with Gasteiger partial charge in [0.25, 0.3) is 0 Å². The normalized spacial score (nSPS) is 13.0. The van der Waals surface area contributed by atoms with Crippen LogP contribution < -0.4 is 0 Å². The van der Waals surface area contributed by atoms with E-state index in [1.807, 2.05) is 0 Å². The summed E-state index contributed by atoms with van der Waals surface area (Å²) >= 11 is 13.2. The number of carbonyl (C=O) groups is 1. The molecule has 0 aliphatic rings. The van der Waals surface area contributed by atoms with Crippen molar-refractivity contribution >= 4 is 43.9 Å². The van der Waals surface area contributed by atoms with E-state index in [2.05, 4.69) is 116 Å². The minimum atomic E-state index is -1.30. The largest absolute Gasteiger partial charge is 0.480 e. The topological polar surface area (TPSA) is 37.3 Å². The lowest BCUT2D eigenvalue weighted by molar-refractivity contribution is -0.137. The highest BCUT2D eigenvalue weighted by molar-refractivity contribution is 8.01. The van der Waals surface area contributed by atoms with Gasteiger partial charge in [0.05, 0.1) is 0 Å². The molecule has 0 aliphatic heterocycles. The predicted octanol–water partition coefficient (Wildman–Crippen LogP) is 6.91. The Morgan fingerprint density at radius 1 is 0.719 bits per heavy atom. The molecule has 3 rings (SSSR count). The molecule has 0 radical (unpaired) electrons. The van der Waals surface area contributed by atoms with Gasteiger partial charge >= 0.3 is 5.97 Å². The van der Waals surface area contributed by atoms with E-state index >= 15 is 0 Å². The molecule has 0 saturated heterocycles. The van der Waals surface area contributed by atoms with Crippen LogP contribution in [0.2, 0.25) is 0 Å². The fourth-order valence-electron chi connectivity index (χ4n) is 4.32. The van der Waals surface area contributed by atoms with Crippen LogP contribution in [0.25, 0.3) is 0 Å². The van der Waals surface area contributed by atoms with Crippen LogP contribution in [0.15, 0.2) is 91.0 Å². The molecule has 0 aliphatic carbocycles. The Balaban J connectivity index is 1.88. The van der Waals surface area contributed by atoms with Crippen molar-refractivity contribution in [1.82, 2.24) is 0 Å². The molecule has 1 N–H and O–H groups in total. The summed E-state index contributed by atoms with van der Waals surface area (Å²) in [5.74, 6) is -1.00. The number of aliphatic carboxylic acids is 1. The van der Waals surface area contributed by atoms with E-state index in [0.29, 0.717) is 12.8 Å². The average molecular weight is 483 g/mol. The Morgan fingerprint density at radius 3 is 1.50 bits per heavy atom. The van der Waals surface area contributed by atoms with E-state index in [-0.39, 0.29) is 10.7 Å². The summed E-state index contributed by atoms with van der Waals surface area (Å²) in [6.45, 7) is 0. The number of hydrogen-bond donors (Lipinski definition) is 4. The van der Waals surface area contributed by atoms with Crippen molar-refractivity contribution in [3.63, 3.8) is 0 Å². The third kappa shape index (κ3) is 5.94. The van der Waals surface area contributed by atoms with Gasteiger partial charge in [-0.1, -0.05) is 91.0 Å². The van der Waals surface area contributed by atoms with Gasteiger partial charge in [-0.25, -0.2) is 4.79 Å². The highest BCUT2D eigenvalue weighted by atomic mass is 32.2. The van der Waals surface area contributed by atoms with Crippen molar-refractivity contribution in [3.8, 4) is 0 Å². The smallest absolute Gasteiger partial charge is 0.329 e. The second-order valence-corrected chi connectivity index (χ2v) is 10.8. The maximum absolute atomic E-state index is 11.3. The van der Waals surface area contributed by atoms with Crippen molar-refractivity contribution in [2.24, 2.45) is 0 Å². The molecule has 0 heterocycles. The molecule has 2 nitrogen and oxygen atoms in total. The second kappa shape index (κ2) is 11.4. The van der Waals surface area contributed by atoms with Gasteiger partial charge < -0.3 is 5.11 Å². The fraction of sp³-hybridized carbons (Fsp3) is 0.296. The molecule has 3 aromatic carbocycles. The Bertz CT molecular complexity index is 879. The van der Waals surface area contributed by atoms with E-state index in [4.69, 9.17) is 12.6 Å². The van der Waals surface area contributed by atoms with Crippen molar-refractivity contribution < 1.29 is 9.90 Å². The third-order valence-electron chi connectivity index (χ3n) is 6.06. The minimum Gasteiger partial charge on any atom is -0.480 e. The Morgan fingerprint density at radius 2 is 1.12 bits per heavy atom. The first-order valence-corrected chi connectivity index (χ1v) is 12.3. The first-order chi connectivity index (χ1) is 15.4. The molecular formula is C27H30O2S3. The van der Waals surface area contributed by atoms with Gasteiger partial charge in [0.2, 0.25) is 0 Å². The first kappa shape index (κ1) is 24.8. The molecule has 0 bridgehead atoms. The zero-order valence-electron chi connectivity index (χ0n) is 18.0. The van der Waals surface area contributed by atoms with Gasteiger partial charge in [-0.3, -0.25) is 0 Å². The Labute approximate surface area is 207 Å². The molecule has 168 valence electrons. The first-order valence-electron chi connectivity index (χ1n) is 10.9. The number of carboxylic acid groups (broad SMARTS) is 1.